The van der Waals surface area contributed by atoms with Crippen molar-refractivity contribution in [2.24, 2.45) is 11.8 Å². The molecule has 0 aromatic heterocycles. The molecule has 3 heteroatoms. The van der Waals surface area contributed by atoms with E-state index in [1.54, 1.807) is 0 Å². The predicted octanol–water partition coefficient (Wildman–Crippen LogP) is 3.38. The number of alkyl halides is 3. The van der Waals surface area contributed by atoms with E-state index in [1.807, 2.05) is 6.92 Å². The van der Waals surface area contributed by atoms with Crippen molar-refractivity contribution >= 4 is 0 Å². The quantitative estimate of drug-likeness (QED) is 0.517. The highest BCUT2D eigenvalue weighted by Crippen LogP contribution is 2.39. The highest BCUT2D eigenvalue weighted by atomic mass is 19.4. The van der Waals surface area contributed by atoms with Crippen molar-refractivity contribution in [3.8, 4) is 0 Å². The van der Waals surface area contributed by atoms with Crippen molar-refractivity contribution in [1.29, 1.82) is 0 Å². The zero-order valence-electron chi connectivity index (χ0n) is 6.62. The Balaban J connectivity index is 2.39. The second-order valence-electron chi connectivity index (χ2n) is 3.50. The first kappa shape index (κ1) is 8.88. The third-order valence-corrected chi connectivity index (χ3v) is 2.48. The summed E-state index contributed by atoms with van der Waals surface area (Å²) in [6.07, 6.45) is -1.79. The van der Waals surface area contributed by atoms with Gasteiger partial charge in [0.15, 0.2) is 0 Å². The summed E-state index contributed by atoms with van der Waals surface area (Å²) in [5.74, 6) is -0.521. The minimum absolute atomic E-state index is 0.338. The van der Waals surface area contributed by atoms with Crippen molar-refractivity contribution in [2.75, 3.05) is 0 Å². The Bertz CT molecular complexity index is 120. The molecular weight excluding hydrogens is 153 g/mol. The molecule has 0 N–H and O–H groups in total. The second kappa shape index (κ2) is 3.03. The number of hydrogen-bond donors (Lipinski definition) is 0. The molecular formula is C8H13F3. The third-order valence-electron chi connectivity index (χ3n) is 2.48. The van der Waals surface area contributed by atoms with Crippen LogP contribution >= 0.6 is 0 Å². The van der Waals surface area contributed by atoms with Crippen LogP contribution < -0.4 is 0 Å². The highest BCUT2D eigenvalue weighted by molar-refractivity contribution is 4.74. The van der Waals surface area contributed by atoms with Crippen LogP contribution in [-0.4, -0.2) is 6.18 Å². The predicted molar refractivity (Wildman–Crippen MR) is 37.2 cm³/mol. The molecule has 0 amide bonds. The molecule has 0 aromatic carbocycles. The van der Waals surface area contributed by atoms with Gasteiger partial charge in [0.25, 0.3) is 0 Å². The maximum Gasteiger partial charge on any atom is 0.391 e. The molecule has 1 fully saturated rings. The van der Waals surface area contributed by atoms with E-state index in [-0.39, 0.29) is 0 Å². The van der Waals surface area contributed by atoms with Crippen LogP contribution in [0.1, 0.15) is 32.6 Å². The van der Waals surface area contributed by atoms with E-state index < -0.39 is 12.1 Å². The smallest absolute Gasteiger partial charge is 0.171 e. The summed E-state index contributed by atoms with van der Waals surface area (Å²) in [5.41, 5.74) is 0. The summed E-state index contributed by atoms with van der Waals surface area (Å²) in [7, 11) is 0. The highest BCUT2D eigenvalue weighted by Gasteiger charge is 2.40. The molecule has 0 atom stereocenters. The SMILES string of the molecule is CC1CCC(C(F)(F)F)CC1. The summed E-state index contributed by atoms with van der Waals surface area (Å²) in [4.78, 5) is 0. The van der Waals surface area contributed by atoms with Crippen LogP contribution in [0.5, 0.6) is 0 Å². The zero-order chi connectivity index (χ0) is 8.48. The first-order valence-electron chi connectivity index (χ1n) is 4.07. The standard InChI is InChI=1S/C8H13F3/c1-6-2-4-7(5-3-6)8(9,10)11/h6-7H,2-5H2,1H3. The Kier molecular flexibility index (Phi) is 2.45. The van der Waals surface area contributed by atoms with Gasteiger partial charge in [-0.05, 0) is 18.8 Å². The molecule has 0 radical (unpaired) electrons. The van der Waals surface area contributed by atoms with E-state index in [1.165, 1.54) is 0 Å². The summed E-state index contributed by atoms with van der Waals surface area (Å²) < 4.78 is 36.2. The molecule has 0 unspecified atom stereocenters. The molecule has 0 bridgehead atoms. The molecule has 0 aromatic rings. The van der Waals surface area contributed by atoms with E-state index in [2.05, 4.69) is 0 Å². The Morgan fingerprint density at radius 3 is 1.82 bits per heavy atom. The van der Waals surface area contributed by atoms with Crippen LogP contribution in [0.2, 0.25) is 0 Å². The zero-order valence-corrected chi connectivity index (χ0v) is 6.62. The Morgan fingerprint density at radius 2 is 1.45 bits per heavy atom. The van der Waals surface area contributed by atoms with E-state index in [9.17, 15) is 13.2 Å². The van der Waals surface area contributed by atoms with Crippen LogP contribution in [0.25, 0.3) is 0 Å². The topological polar surface area (TPSA) is 0 Å². The fourth-order valence-corrected chi connectivity index (χ4v) is 1.59. The Labute approximate surface area is 64.8 Å². The van der Waals surface area contributed by atoms with Crippen LogP contribution in [0, 0.1) is 11.8 Å². The molecule has 1 saturated carbocycles. The fraction of sp³-hybridized carbons (Fsp3) is 1.00. The van der Waals surface area contributed by atoms with Gasteiger partial charge < -0.3 is 0 Å². The summed E-state index contributed by atoms with van der Waals surface area (Å²) in [5, 5.41) is 0. The lowest BCUT2D eigenvalue weighted by Gasteiger charge is -2.27. The molecule has 0 heterocycles. The first-order chi connectivity index (χ1) is 5.00. The summed E-state index contributed by atoms with van der Waals surface area (Å²) >= 11 is 0. The molecule has 1 rings (SSSR count). The van der Waals surface area contributed by atoms with Crippen LogP contribution in [0.3, 0.4) is 0 Å². The van der Waals surface area contributed by atoms with Gasteiger partial charge in [-0.1, -0.05) is 19.8 Å². The van der Waals surface area contributed by atoms with Gasteiger partial charge in [-0.2, -0.15) is 13.2 Å². The van der Waals surface area contributed by atoms with E-state index in [0.717, 1.165) is 12.8 Å². The number of halogens is 3. The van der Waals surface area contributed by atoms with Gasteiger partial charge in [0.1, 0.15) is 0 Å². The van der Waals surface area contributed by atoms with Crippen LogP contribution in [-0.2, 0) is 0 Å². The molecule has 1 aliphatic carbocycles. The number of hydrogen-bond acceptors (Lipinski definition) is 0. The van der Waals surface area contributed by atoms with E-state index >= 15 is 0 Å². The van der Waals surface area contributed by atoms with Crippen LogP contribution in [0.4, 0.5) is 13.2 Å². The van der Waals surface area contributed by atoms with Gasteiger partial charge in [-0.3, -0.25) is 0 Å². The molecule has 0 saturated heterocycles. The molecule has 66 valence electrons. The lowest BCUT2D eigenvalue weighted by molar-refractivity contribution is -0.183. The molecule has 0 nitrogen and oxygen atoms in total. The molecule has 0 spiro atoms. The normalized spacial score (nSPS) is 33.8. The van der Waals surface area contributed by atoms with Gasteiger partial charge in [-0.15, -0.1) is 0 Å². The lowest BCUT2D eigenvalue weighted by atomic mass is 9.83. The minimum Gasteiger partial charge on any atom is -0.171 e. The number of rotatable bonds is 0. The monoisotopic (exact) mass is 166 g/mol. The summed E-state index contributed by atoms with van der Waals surface area (Å²) in [6.45, 7) is 2.02. The lowest BCUT2D eigenvalue weighted by Crippen LogP contribution is -2.26. The maximum atomic E-state index is 12.1. The first-order valence-corrected chi connectivity index (χ1v) is 4.07. The van der Waals surface area contributed by atoms with Crippen molar-refractivity contribution < 1.29 is 13.2 Å². The minimum atomic E-state index is -3.94. The molecule has 11 heavy (non-hydrogen) atoms. The van der Waals surface area contributed by atoms with Gasteiger partial charge >= 0.3 is 6.18 Å². The van der Waals surface area contributed by atoms with Crippen molar-refractivity contribution in [2.45, 2.75) is 38.8 Å². The van der Waals surface area contributed by atoms with Crippen LogP contribution in [0.15, 0.2) is 0 Å². The van der Waals surface area contributed by atoms with Crippen molar-refractivity contribution in [3.05, 3.63) is 0 Å². The van der Waals surface area contributed by atoms with E-state index in [4.69, 9.17) is 0 Å². The second-order valence-corrected chi connectivity index (χ2v) is 3.50. The Hall–Kier alpha value is -0.210. The van der Waals surface area contributed by atoms with Gasteiger partial charge in [0.2, 0.25) is 0 Å². The van der Waals surface area contributed by atoms with Gasteiger partial charge in [0.05, 0.1) is 5.92 Å². The Morgan fingerprint density at radius 1 is 1.00 bits per heavy atom. The largest absolute Gasteiger partial charge is 0.391 e. The van der Waals surface area contributed by atoms with Crippen molar-refractivity contribution in [3.63, 3.8) is 0 Å². The fourth-order valence-electron chi connectivity index (χ4n) is 1.59. The van der Waals surface area contributed by atoms with Gasteiger partial charge in [-0.25, -0.2) is 0 Å². The maximum absolute atomic E-state index is 12.1. The van der Waals surface area contributed by atoms with Crippen molar-refractivity contribution in [1.82, 2.24) is 0 Å². The van der Waals surface area contributed by atoms with E-state index in [0.29, 0.717) is 18.8 Å². The van der Waals surface area contributed by atoms with Gasteiger partial charge in [0, 0.05) is 0 Å². The molecule has 0 aliphatic heterocycles. The third kappa shape index (κ3) is 2.38. The summed E-state index contributed by atoms with van der Waals surface area (Å²) in [6, 6.07) is 0. The average Bonchev–Trinajstić information content (AvgIpc) is 1.86. The average molecular weight is 166 g/mol. The molecule has 1 aliphatic rings.